The fraction of sp³-hybridized carbons (Fsp3) is 0.316. The van der Waals surface area contributed by atoms with Crippen molar-refractivity contribution in [3.8, 4) is 11.5 Å². The summed E-state index contributed by atoms with van der Waals surface area (Å²) in [6.45, 7) is 0.390. The maximum Gasteiger partial charge on any atom is 0.251 e. The molecule has 26 heavy (non-hydrogen) atoms. The van der Waals surface area contributed by atoms with Crippen LogP contribution in [0.15, 0.2) is 36.4 Å². The number of nitrogens with zero attached hydrogens (tertiary/aromatic N) is 1. The highest BCUT2D eigenvalue weighted by Gasteiger charge is 2.20. The molecule has 0 heterocycles. The largest absolute Gasteiger partial charge is 0.493 e. The molecule has 0 spiro atoms. The third-order valence-electron chi connectivity index (χ3n) is 4.04. The number of likely N-dealkylation sites (N-methyl/N-ethyl adjacent to an activating group) is 1. The van der Waals surface area contributed by atoms with Crippen LogP contribution in [0.2, 0.25) is 10.0 Å². The summed E-state index contributed by atoms with van der Waals surface area (Å²) in [6.07, 6.45) is 0. The quantitative estimate of drug-likeness (QED) is 0.766. The Morgan fingerprint density at radius 1 is 1.12 bits per heavy atom. The normalized spacial score (nSPS) is 12.0. The van der Waals surface area contributed by atoms with Crippen LogP contribution in [0.1, 0.15) is 22.0 Å². The van der Waals surface area contributed by atoms with Gasteiger partial charge in [0.15, 0.2) is 11.5 Å². The van der Waals surface area contributed by atoms with Crippen molar-refractivity contribution in [2.24, 2.45) is 0 Å². The smallest absolute Gasteiger partial charge is 0.251 e. The number of ether oxygens (including phenoxy) is 2. The molecule has 0 radical (unpaired) electrons. The number of carbonyl (C=O) groups excluding carboxylic acids is 1. The van der Waals surface area contributed by atoms with Crippen molar-refractivity contribution >= 4 is 29.1 Å². The zero-order chi connectivity index (χ0) is 19.3. The van der Waals surface area contributed by atoms with Gasteiger partial charge in [-0.3, -0.25) is 4.79 Å². The lowest BCUT2D eigenvalue weighted by Crippen LogP contribution is -2.34. The highest BCUT2D eigenvalue weighted by Crippen LogP contribution is 2.36. The third kappa shape index (κ3) is 4.61. The van der Waals surface area contributed by atoms with Crippen molar-refractivity contribution in [3.05, 3.63) is 57.6 Å². The van der Waals surface area contributed by atoms with Gasteiger partial charge in [-0.2, -0.15) is 0 Å². The summed E-state index contributed by atoms with van der Waals surface area (Å²) in [7, 11) is 6.87. The zero-order valence-corrected chi connectivity index (χ0v) is 16.7. The van der Waals surface area contributed by atoms with Crippen LogP contribution in [0.5, 0.6) is 11.5 Å². The molecular weight excluding hydrogens is 375 g/mol. The van der Waals surface area contributed by atoms with E-state index in [0.29, 0.717) is 33.7 Å². The lowest BCUT2D eigenvalue weighted by molar-refractivity contribution is 0.0941. The third-order valence-corrected chi connectivity index (χ3v) is 4.66. The molecule has 2 aromatic rings. The van der Waals surface area contributed by atoms with E-state index >= 15 is 0 Å². The van der Waals surface area contributed by atoms with Gasteiger partial charge in [0.1, 0.15) is 0 Å². The maximum absolute atomic E-state index is 12.6. The second-order valence-corrected chi connectivity index (χ2v) is 6.72. The van der Waals surface area contributed by atoms with E-state index in [0.717, 1.165) is 5.56 Å². The molecule has 1 amide bonds. The van der Waals surface area contributed by atoms with Crippen LogP contribution in [0.4, 0.5) is 0 Å². The van der Waals surface area contributed by atoms with Crippen LogP contribution in [0.3, 0.4) is 0 Å². The number of amides is 1. The van der Waals surface area contributed by atoms with Crippen molar-refractivity contribution in [2.45, 2.75) is 6.04 Å². The van der Waals surface area contributed by atoms with E-state index in [9.17, 15) is 4.79 Å². The standard InChI is InChI=1S/C19H22Cl2N2O3/c1-23(2)16(13-7-5-6-8-14(13)20)11-22-19(24)12-9-15(21)18(26-4)17(10-12)25-3/h5-10,16H,11H2,1-4H3,(H,22,24). The Balaban J connectivity index is 2.19. The van der Waals surface area contributed by atoms with Gasteiger partial charge in [-0.1, -0.05) is 41.4 Å². The molecular formula is C19H22Cl2N2O3. The van der Waals surface area contributed by atoms with Crippen molar-refractivity contribution in [3.63, 3.8) is 0 Å². The van der Waals surface area contributed by atoms with E-state index in [1.807, 2.05) is 43.3 Å². The van der Waals surface area contributed by atoms with E-state index < -0.39 is 0 Å². The minimum absolute atomic E-state index is 0.0664. The molecule has 1 N–H and O–H groups in total. The van der Waals surface area contributed by atoms with Crippen molar-refractivity contribution in [1.82, 2.24) is 10.2 Å². The summed E-state index contributed by atoms with van der Waals surface area (Å²) in [4.78, 5) is 14.6. The SMILES string of the molecule is COc1cc(C(=O)NCC(c2ccccc2Cl)N(C)C)cc(Cl)c1OC. The number of nitrogens with one attached hydrogen (secondary N) is 1. The fourth-order valence-corrected chi connectivity index (χ4v) is 3.21. The molecule has 1 atom stereocenters. The molecule has 2 rings (SSSR count). The van der Waals surface area contributed by atoms with Crippen molar-refractivity contribution in [2.75, 3.05) is 34.9 Å². The molecule has 0 aromatic heterocycles. The summed E-state index contributed by atoms with van der Waals surface area (Å²) in [5.74, 6) is 0.542. The van der Waals surface area contributed by atoms with Crippen LogP contribution in [0.25, 0.3) is 0 Å². The van der Waals surface area contributed by atoms with Gasteiger partial charge in [0.2, 0.25) is 0 Å². The Morgan fingerprint density at radius 2 is 1.81 bits per heavy atom. The Morgan fingerprint density at radius 3 is 2.38 bits per heavy atom. The Kier molecular flexibility index (Phi) is 7.14. The average Bonchev–Trinajstić information content (AvgIpc) is 2.62. The molecule has 140 valence electrons. The number of hydrogen-bond acceptors (Lipinski definition) is 4. The Labute approximate surface area is 163 Å². The Hall–Kier alpha value is -1.95. The minimum Gasteiger partial charge on any atom is -0.493 e. The summed E-state index contributed by atoms with van der Waals surface area (Å²) in [6, 6.07) is 10.7. The molecule has 0 aliphatic carbocycles. The van der Waals surface area contributed by atoms with Gasteiger partial charge in [-0.15, -0.1) is 0 Å². The van der Waals surface area contributed by atoms with E-state index in [1.165, 1.54) is 14.2 Å². The van der Waals surface area contributed by atoms with E-state index in [1.54, 1.807) is 12.1 Å². The van der Waals surface area contributed by atoms with E-state index in [4.69, 9.17) is 32.7 Å². The topological polar surface area (TPSA) is 50.8 Å². The first-order valence-electron chi connectivity index (χ1n) is 7.99. The van der Waals surface area contributed by atoms with Crippen LogP contribution in [0, 0.1) is 0 Å². The number of hydrogen-bond donors (Lipinski definition) is 1. The lowest BCUT2D eigenvalue weighted by atomic mass is 10.1. The molecule has 2 aromatic carbocycles. The van der Waals surface area contributed by atoms with E-state index in [-0.39, 0.29) is 11.9 Å². The highest BCUT2D eigenvalue weighted by molar-refractivity contribution is 6.32. The second kappa shape index (κ2) is 9.12. The van der Waals surface area contributed by atoms with Gasteiger partial charge in [-0.05, 0) is 37.9 Å². The molecule has 0 saturated carbocycles. The summed E-state index contributed by atoms with van der Waals surface area (Å²) >= 11 is 12.5. The molecule has 0 bridgehead atoms. The number of benzene rings is 2. The minimum atomic E-state index is -0.258. The van der Waals surface area contributed by atoms with Crippen molar-refractivity contribution < 1.29 is 14.3 Å². The second-order valence-electron chi connectivity index (χ2n) is 5.90. The number of rotatable bonds is 7. The molecule has 0 saturated heterocycles. The molecule has 0 aliphatic rings. The molecule has 1 unspecified atom stereocenters. The Bertz CT molecular complexity index is 781. The lowest BCUT2D eigenvalue weighted by Gasteiger charge is -2.26. The predicted octanol–water partition coefficient (Wildman–Crippen LogP) is 4.04. The van der Waals surface area contributed by atoms with E-state index in [2.05, 4.69) is 5.32 Å². The number of halogens is 2. The predicted molar refractivity (Wildman–Crippen MR) is 105 cm³/mol. The molecule has 5 nitrogen and oxygen atoms in total. The highest BCUT2D eigenvalue weighted by atomic mass is 35.5. The summed E-state index contributed by atoms with van der Waals surface area (Å²) in [5.41, 5.74) is 1.34. The van der Waals surface area contributed by atoms with Crippen LogP contribution >= 0.6 is 23.2 Å². The van der Waals surface area contributed by atoms with Crippen LogP contribution < -0.4 is 14.8 Å². The first-order valence-corrected chi connectivity index (χ1v) is 8.75. The van der Waals surface area contributed by atoms with Gasteiger partial charge in [0.25, 0.3) is 5.91 Å². The zero-order valence-electron chi connectivity index (χ0n) is 15.2. The summed E-state index contributed by atoms with van der Waals surface area (Å²) < 4.78 is 10.4. The van der Waals surface area contributed by atoms with Gasteiger partial charge in [-0.25, -0.2) is 0 Å². The average molecular weight is 397 g/mol. The van der Waals surface area contributed by atoms with Crippen LogP contribution in [-0.2, 0) is 0 Å². The van der Waals surface area contributed by atoms with Crippen molar-refractivity contribution in [1.29, 1.82) is 0 Å². The molecule has 0 aliphatic heterocycles. The van der Waals surface area contributed by atoms with Gasteiger partial charge in [0.05, 0.1) is 25.3 Å². The van der Waals surface area contributed by atoms with Gasteiger partial charge >= 0.3 is 0 Å². The number of methoxy groups -OCH3 is 2. The molecule has 7 heteroatoms. The fourth-order valence-electron chi connectivity index (χ4n) is 2.66. The van der Waals surface area contributed by atoms with Gasteiger partial charge in [0, 0.05) is 17.1 Å². The first-order chi connectivity index (χ1) is 12.4. The van der Waals surface area contributed by atoms with Gasteiger partial charge < -0.3 is 19.7 Å². The number of carbonyl (C=O) groups is 1. The monoisotopic (exact) mass is 396 g/mol. The first kappa shape index (κ1) is 20.4. The molecule has 0 fully saturated rings. The summed E-state index contributed by atoms with van der Waals surface area (Å²) in [5, 5.41) is 3.90. The van der Waals surface area contributed by atoms with Crippen LogP contribution in [-0.4, -0.2) is 45.7 Å². The maximum atomic E-state index is 12.6.